The number of nitrogens with two attached hydrogens (primary N) is 1. The first-order valence-electron chi connectivity index (χ1n) is 9.79. The lowest BCUT2D eigenvalue weighted by Crippen LogP contribution is -2.68. The summed E-state index contributed by atoms with van der Waals surface area (Å²) in [7, 11) is -3.65. The van der Waals surface area contributed by atoms with Crippen LogP contribution in [0.3, 0.4) is 0 Å². The number of halogens is 1. The van der Waals surface area contributed by atoms with Crippen LogP contribution < -0.4 is 10.0 Å². The van der Waals surface area contributed by atoms with Gasteiger partial charge in [-0.1, -0.05) is 18.0 Å². The molecule has 10 heteroatoms. The molecule has 28 heavy (non-hydrogen) atoms. The van der Waals surface area contributed by atoms with Crippen molar-refractivity contribution in [3.8, 4) is 0 Å². The molecule has 2 saturated carbocycles. The molecule has 2 N–H and O–H groups in total. The van der Waals surface area contributed by atoms with Gasteiger partial charge in [0, 0.05) is 31.1 Å². The van der Waals surface area contributed by atoms with Crippen LogP contribution in [0, 0.1) is 18.3 Å². The Morgan fingerprint density at radius 1 is 1.36 bits per heavy atom. The minimum atomic E-state index is -3.65. The Balaban J connectivity index is 1.28. The Kier molecular flexibility index (Phi) is 4.18. The van der Waals surface area contributed by atoms with Crippen LogP contribution in [0.1, 0.15) is 37.7 Å². The van der Waals surface area contributed by atoms with Crippen molar-refractivity contribution in [2.24, 2.45) is 16.5 Å². The number of nitrogens with zero attached hydrogens (tertiary/aromatic N) is 5. The third kappa shape index (κ3) is 2.91. The Bertz CT molecular complexity index is 1020. The molecule has 8 nitrogen and oxygen atoms in total. The second kappa shape index (κ2) is 6.29. The zero-order valence-electron chi connectivity index (χ0n) is 15.9. The quantitative estimate of drug-likeness (QED) is 0.791. The number of aryl methyl sites for hydroxylation is 1. The molecule has 1 spiro atoms. The number of anilines is 1. The molecule has 2 aromatic heterocycles. The maximum absolute atomic E-state index is 12.1. The number of rotatable bonds is 5. The molecule has 2 aliphatic carbocycles. The summed E-state index contributed by atoms with van der Waals surface area (Å²) in [5, 5.41) is 10.3. The molecule has 0 unspecified atom stereocenters. The molecular formula is C18H25ClN6O2S. The van der Waals surface area contributed by atoms with E-state index in [0.29, 0.717) is 17.6 Å². The van der Waals surface area contributed by atoms with Gasteiger partial charge in [-0.25, -0.2) is 14.6 Å². The number of hydrogen-bond acceptors (Lipinski definition) is 5. The van der Waals surface area contributed by atoms with Crippen molar-refractivity contribution in [1.82, 2.24) is 18.9 Å². The van der Waals surface area contributed by atoms with Crippen LogP contribution in [0.15, 0.2) is 12.4 Å². The standard InChI is InChI=1S/C18H25ClN6O2S/c1-12-5-15(19)25-16(12)17(21-11-22-25)23-9-18(10-23)6-14(7-18)24(28(20,26)27)8-13-3-2-4-13/h5,11,13-14H,2-4,6-10H2,1H3,(H2,20,26,27). The summed E-state index contributed by atoms with van der Waals surface area (Å²) >= 11 is 6.24. The fourth-order valence-corrected chi connectivity index (χ4v) is 6.37. The second-order valence-electron chi connectivity index (χ2n) is 8.82. The van der Waals surface area contributed by atoms with E-state index >= 15 is 0 Å². The summed E-state index contributed by atoms with van der Waals surface area (Å²) in [6, 6.07) is 1.93. The second-order valence-corrected chi connectivity index (χ2v) is 10.7. The van der Waals surface area contributed by atoms with E-state index in [1.54, 1.807) is 8.82 Å². The SMILES string of the molecule is Cc1cc(Cl)n2ncnc(N3CC4(CC(N(CC5CCC5)S(N)(=O)=O)C4)C3)c12. The van der Waals surface area contributed by atoms with Crippen molar-refractivity contribution in [1.29, 1.82) is 0 Å². The van der Waals surface area contributed by atoms with Crippen LogP contribution in [-0.2, 0) is 10.2 Å². The molecule has 3 aliphatic rings. The Morgan fingerprint density at radius 2 is 2.07 bits per heavy atom. The predicted octanol–water partition coefficient (Wildman–Crippen LogP) is 1.97. The first-order valence-corrected chi connectivity index (χ1v) is 11.7. The summed E-state index contributed by atoms with van der Waals surface area (Å²) in [6.07, 6.45) is 6.69. The number of fused-ring (bicyclic) bond motifs is 1. The van der Waals surface area contributed by atoms with Crippen molar-refractivity contribution >= 4 is 33.1 Å². The highest BCUT2D eigenvalue weighted by molar-refractivity contribution is 7.86. The van der Waals surface area contributed by atoms with Gasteiger partial charge >= 0.3 is 0 Å². The van der Waals surface area contributed by atoms with Crippen molar-refractivity contribution in [2.45, 2.75) is 45.1 Å². The van der Waals surface area contributed by atoms with E-state index < -0.39 is 10.2 Å². The molecule has 3 fully saturated rings. The van der Waals surface area contributed by atoms with E-state index in [-0.39, 0.29) is 11.5 Å². The topological polar surface area (TPSA) is 96.8 Å². The summed E-state index contributed by atoms with van der Waals surface area (Å²) in [4.78, 5) is 6.73. The van der Waals surface area contributed by atoms with Gasteiger partial charge in [-0.15, -0.1) is 0 Å². The Labute approximate surface area is 169 Å². The highest BCUT2D eigenvalue weighted by Gasteiger charge is 2.56. The van der Waals surface area contributed by atoms with E-state index in [4.69, 9.17) is 16.7 Å². The fraction of sp³-hybridized carbons (Fsp3) is 0.667. The molecule has 0 radical (unpaired) electrons. The fourth-order valence-electron chi connectivity index (χ4n) is 5.10. The van der Waals surface area contributed by atoms with E-state index in [1.165, 1.54) is 12.7 Å². The molecule has 0 aromatic carbocycles. The third-order valence-corrected chi connectivity index (χ3v) is 8.14. The predicted molar refractivity (Wildman–Crippen MR) is 108 cm³/mol. The molecule has 152 valence electrons. The molecule has 3 heterocycles. The van der Waals surface area contributed by atoms with Crippen LogP contribution in [0.4, 0.5) is 5.82 Å². The van der Waals surface area contributed by atoms with Crippen molar-refractivity contribution in [3.63, 3.8) is 0 Å². The van der Waals surface area contributed by atoms with Gasteiger partial charge in [-0.05, 0) is 50.2 Å². The average Bonchev–Trinajstić information content (AvgIpc) is 2.79. The lowest BCUT2D eigenvalue weighted by molar-refractivity contribution is 0.00558. The van der Waals surface area contributed by atoms with Gasteiger partial charge in [0.2, 0.25) is 0 Å². The van der Waals surface area contributed by atoms with Crippen LogP contribution in [0.25, 0.3) is 5.52 Å². The first-order chi connectivity index (χ1) is 13.3. The van der Waals surface area contributed by atoms with E-state index in [1.807, 2.05) is 13.0 Å². The van der Waals surface area contributed by atoms with Gasteiger partial charge < -0.3 is 4.90 Å². The highest BCUT2D eigenvalue weighted by Crippen LogP contribution is 2.52. The largest absolute Gasteiger partial charge is 0.354 e. The van der Waals surface area contributed by atoms with Crippen LogP contribution in [-0.4, -0.2) is 53.0 Å². The summed E-state index contributed by atoms with van der Waals surface area (Å²) in [5.74, 6) is 1.37. The summed E-state index contributed by atoms with van der Waals surface area (Å²) in [6.45, 7) is 4.34. The Hall–Kier alpha value is -1.42. The van der Waals surface area contributed by atoms with Crippen LogP contribution >= 0.6 is 11.6 Å². The van der Waals surface area contributed by atoms with E-state index in [2.05, 4.69) is 15.0 Å². The molecule has 0 amide bonds. The molecule has 1 saturated heterocycles. The monoisotopic (exact) mass is 424 g/mol. The normalized spacial score (nSPS) is 22.5. The lowest BCUT2D eigenvalue weighted by atomic mass is 9.60. The minimum absolute atomic E-state index is 0.0349. The zero-order valence-corrected chi connectivity index (χ0v) is 17.5. The molecule has 2 aromatic rings. The lowest BCUT2D eigenvalue weighted by Gasteiger charge is -2.61. The van der Waals surface area contributed by atoms with E-state index in [0.717, 1.165) is 55.7 Å². The van der Waals surface area contributed by atoms with Crippen molar-refractivity contribution in [2.75, 3.05) is 24.5 Å². The summed E-state index contributed by atoms with van der Waals surface area (Å²) in [5.41, 5.74) is 2.16. The molecule has 5 rings (SSSR count). The first kappa shape index (κ1) is 18.6. The Morgan fingerprint density at radius 3 is 2.68 bits per heavy atom. The van der Waals surface area contributed by atoms with Crippen molar-refractivity contribution in [3.05, 3.63) is 23.1 Å². The van der Waals surface area contributed by atoms with Gasteiger partial charge in [0.15, 0.2) is 5.82 Å². The van der Waals surface area contributed by atoms with Gasteiger partial charge in [0.1, 0.15) is 17.0 Å². The molecule has 1 aliphatic heterocycles. The molecule has 0 bridgehead atoms. The average molecular weight is 425 g/mol. The van der Waals surface area contributed by atoms with E-state index in [9.17, 15) is 8.42 Å². The number of hydrogen-bond donors (Lipinski definition) is 1. The molecule has 0 atom stereocenters. The molecular weight excluding hydrogens is 400 g/mol. The van der Waals surface area contributed by atoms with Crippen molar-refractivity contribution < 1.29 is 8.42 Å². The van der Waals surface area contributed by atoms with Gasteiger partial charge in [-0.3, -0.25) is 0 Å². The zero-order chi connectivity index (χ0) is 19.7. The van der Waals surface area contributed by atoms with Gasteiger partial charge in [0.05, 0.1) is 0 Å². The maximum Gasteiger partial charge on any atom is 0.277 e. The number of aromatic nitrogens is 3. The van der Waals surface area contributed by atoms with Gasteiger partial charge in [-0.2, -0.15) is 17.8 Å². The van der Waals surface area contributed by atoms with Gasteiger partial charge in [0.25, 0.3) is 10.2 Å². The highest BCUT2D eigenvalue weighted by atomic mass is 35.5. The summed E-state index contributed by atoms with van der Waals surface area (Å²) < 4.78 is 27.5. The maximum atomic E-state index is 12.1. The third-order valence-electron chi connectivity index (χ3n) is 6.77. The minimum Gasteiger partial charge on any atom is -0.354 e. The van der Waals surface area contributed by atoms with Crippen LogP contribution in [0.2, 0.25) is 5.15 Å². The van der Waals surface area contributed by atoms with Crippen LogP contribution in [0.5, 0.6) is 0 Å². The smallest absolute Gasteiger partial charge is 0.277 e.